The topological polar surface area (TPSA) is 38.1 Å². The second-order valence-corrected chi connectivity index (χ2v) is 7.63. The summed E-state index contributed by atoms with van der Waals surface area (Å²) in [5.74, 6) is 1.30. The van der Waals surface area contributed by atoms with Gasteiger partial charge in [-0.3, -0.25) is 9.48 Å². The van der Waals surface area contributed by atoms with Crippen LogP contribution in [0.5, 0.6) is 0 Å². The third-order valence-corrected chi connectivity index (χ3v) is 5.21. The molecular formula is C22H25N3O. The summed E-state index contributed by atoms with van der Waals surface area (Å²) < 4.78 is 1.87. The van der Waals surface area contributed by atoms with E-state index in [0.717, 1.165) is 35.2 Å². The van der Waals surface area contributed by atoms with E-state index in [1.54, 1.807) is 0 Å². The fraction of sp³-hybridized carbons (Fsp3) is 0.364. The van der Waals surface area contributed by atoms with E-state index in [1.807, 2.05) is 46.0 Å². The third kappa shape index (κ3) is 3.24. The van der Waals surface area contributed by atoms with Crippen molar-refractivity contribution in [1.29, 1.82) is 0 Å². The molecule has 0 radical (unpaired) electrons. The Morgan fingerprint density at radius 3 is 2.38 bits per heavy atom. The molecule has 2 unspecified atom stereocenters. The van der Waals surface area contributed by atoms with Gasteiger partial charge in [-0.25, -0.2) is 0 Å². The molecule has 1 aliphatic heterocycles. The van der Waals surface area contributed by atoms with Crippen LogP contribution in [0.4, 0.5) is 0 Å². The number of likely N-dealkylation sites (tertiary alicyclic amines) is 1. The van der Waals surface area contributed by atoms with Crippen molar-refractivity contribution in [2.45, 2.75) is 26.8 Å². The maximum atomic E-state index is 12.9. The van der Waals surface area contributed by atoms with Gasteiger partial charge in [-0.2, -0.15) is 5.10 Å². The number of carbonyl (C=O) groups excluding carboxylic acids is 1. The summed E-state index contributed by atoms with van der Waals surface area (Å²) in [4.78, 5) is 14.9. The van der Waals surface area contributed by atoms with Crippen LogP contribution in [-0.2, 0) is 11.3 Å². The standard InChI is InChI=1S/C22H25N3O/c1-16-12-17(2)14-24(13-16)21(26)15-25-20-11-7-6-10-19(20)22(23-25)18-8-4-3-5-9-18/h3-11,16-17H,12-15H2,1-2H3. The molecule has 4 rings (SSSR count). The van der Waals surface area contributed by atoms with Crippen LogP contribution < -0.4 is 0 Å². The molecule has 4 heteroatoms. The number of hydrogen-bond acceptors (Lipinski definition) is 2. The minimum Gasteiger partial charge on any atom is -0.341 e. The fourth-order valence-corrected chi connectivity index (χ4v) is 4.15. The quantitative estimate of drug-likeness (QED) is 0.712. The van der Waals surface area contributed by atoms with Crippen LogP contribution in [0.15, 0.2) is 54.6 Å². The number of rotatable bonds is 3. The Hall–Kier alpha value is -2.62. The summed E-state index contributed by atoms with van der Waals surface area (Å²) in [6, 6.07) is 18.3. The maximum absolute atomic E-state index is 12.9. The number of nitrogens with zero attached hydrogens (tertiary/aromatic N) is 3. The first kappa shape index (κ1) is 16.8. The zero-order chi connectivity index (χ0) is 18.1. The number of fused-ring (bicyclic) bond motifs is 1. The van der Waals surface area contributed by atoms with Gasteiger partial charge in [0.25, 0.3) is 0 Å². The first-order valence-electron chi connectivity index (χ1n) is 9.40. The molecule has 2 atom stereocenters. The molecule has 26 heavy (non-hydrogen) atoms. The molecule has 0 spiro atoms. The van der Waals surface area contributed by atoms with Crippen molar-refractivity contribution in [3.8, 4) is 11.3 Å². The zero-order valence-corrected chi connectivity index (χ0v) is 15.4. The first-order valence-corrected chi connectivity index (χ1v) is 9.40. The number of benzene rings is 2. The summed E-state index contributed by atoms with van der Waals surface area (Å²) in [5, 5.41) is 5.89. The lowest BCUT2D eigenvalue weighted by Crippen LogP contribution is -2.44. The van der Waals surface area contributed by atoms with Gasteiger partial charge in [0.15, 0.2) is 0 Å². The molecule has 1 amide bonds. The van der Waals surface area contributed by atoms with Gasteiger partial charge >= 0.3 is 0 Å². The molecule has 0 N–H and O–H groups in total. The largest absolute Gasteiger partial charge is 0.341 e. The molecule has 2 heterocycles. The smallest absolute Gasteiger partial charge is 0.244 e. The van der Waals surface area contributed by atoms with Crippen LogP contribution in [0.3, 0.4) is 0 Å². The second-order valence-electron chi connectivity index (χ2n) is 7.63. The van der Waals surface area contributed by atoms with E-state index in [2.05, 4.69) is 32.0 Å². The Balaban J connectivity index is 1.66. The molecule has 1 aliphatic rings. The van der Waals surface area contributed by atoms with Gasteiger partial charge in [0, 0.05) is 24.0 Å². The average molecular weight is 347 g/mol. The van der Waals surface area contributed by atoms with Gasteiger partial charge in [-0.05, 0) is 24.3 Å². The Kier molecular flexibility index (Phi) is 4.49. The number of aromatic nitrogens is 2. The van der Waals surface area contributed by atoms with Crippen molar-refractivity contribution in [3.05, 3.63) is 54.6 Å². The molecule has 1 fully saturated rings. The molecule has 2 aromatic carbocycles. The predicted molar refractivity (Wildman–Crippen MR) is 105 cm³/mol. The molecule has 0 aliphatic carbocycles. The van der Waals surface area contributed by atoms with Gasteiger partial charge in [0.1, 0.15) is 12.2 Å². The predicted octanol–water partition coefficient (Wildman–Crippen LogP) is 4.21. The van der Waals surface area contributed by atoms with Crippen LogP contribution in [0, 0.1) is 11.8 Å². The highest BCUT2D eigenvalue weighted by Crippen LogP contribution is 2.28. The van der Waals surface area contributed by atoms with E-state index in [9.17, 15) is 4.79 Å². The van der Waals surface area contributed by atoms with Crippen LogP contribution in [0.1, 0.15) is 20.3 Å². The number of carbonyl (C=O) groups is 1. The Morgan fingerprint density at radius 1 is 1.00 bits per heavy atom. The zero-order valence-electron chi connectivity index (χ0n) is 15.4. The van der Waals surface area contributed by atoms with Gasteiger partial charge in [0.05, 0.1) is 5.52 Å². The van der Waals surface area contributed by atoms with Crippen LogP contribution >= 0.6 is 0 Å². The van der Waals surface area contributed by atoms with E-state index < -0.39 is 0 Å². The molecule has 0 bridgehead atoms. The molecule has 3 aromatic rings. The van der Waals surface area contributed by atoms with Crippen LogP contribution in [0.25, 0.3) is 22.2 Å². The third-order valence-electron chi connectivity index (χ3n) is 5.21. The lowest BCUT2D eigenvalue weighted by atomic mass is 9.92. The normalized spacial score (nSPS) is 20.5. The van der Waals surface area contributed by atoms with Crippen molar-refractivity contribution < 1.29 is 4.79 Å². The first-order chi connectivity index (χ1) is 12.6. The summed E-state index contributed by atoms with van der Waals surface area (Å²) in [6.07, 6.45) is 1.20. The minimum absolute atomic E-state index is 0.163. The highest BCUT2D eigenvalue weighted by atomic mass is 16.2. The SMILES string of the molecule is CC1CC(C)CN(C(=O)Cn2nc(-c3ccccc3)c3ccccc32)C1. The highest BCUT2D eigenvalue weighted by Gasteiger charge is 2.26. The molecular weight excluding hydrogens is 322 g/mol. The Morgan fingerprint density at radius 2 is 1.65 bits per heavy atom. The van der Waals surface area contributed by atoms with Crippen molar-refractivity contribution >= 4 is 16.8 Å². The Labute approximate surface area is 154 Å². The molecule has 1 aromatic heterocycles. The molecule has 1 saturated heterocycles. The lowest BCUT2D eigenvalue weighted by Gasteiger charge is -2.35. The van der Waals surface area contributed by atoms with Crippen LogP contribution in [0.2, 0.25) is 0 Å². The average Bonchev–Trinajstić information content (AvgIpc) is 3.00. The Bertz CT molecular complexity index is 906. The van der Waals surface area contributed by atoms with E-state index in [-0.39, 0.29) is 5.91 Å². The van der Waals surface area contributed by atoms with Crippen molar-refractivity contribution in [1.82, 2.24) is 14.7 Å². The van der Waals surface area contributed by atoms with Gasteiger partial charge < -0.3 is 4.90 Å². The van der Waals surface area contributed by atoms with Gasteiger partial charge in [0.2, 0.25) is 5.91 Å². The van der Waals surface area contributed by atoms with Crippen molar-refractivity contribution in [2.24, 2.45) is 11.8 Å². The van der Waals surface area contributed by atoms with Crippen molar-refractivity contribution in [2.75, 3.05) is 13.1 Å². The molecule has 0 saturated carbocycles. The summed E-state index contributed by atoms with van der Waals surface area (Å²) in [7, 11) is 0. The summed E-state index contributed by atoms with van der Waals surface area (Å²) >= 11 is 0. The maximum Gasteiger partial charge on any atom is 0.244 e. The number of amides is 1. The second kappa shape index (κ2) is 6.94. The number of piperidine rings is 1. The number of para-hydroxylation sites is 1. The summed E-state index contributed by atoms with van der Waals surface area (Å²) in [5.41, 5.74) is 3.03. The molecule has 4 nitrogen and oxygen atoms in total. The van der Waals surface area contributed by atoms with E-state index in [0.29, 0.717) is 18.4 Å². The van der Waals surface area contributed by atoms with E-state index >= 15 is 0 Å². The lowest BCUT2D eigenvalue weighted by molar-refractivity contribution is -0.134. The highest BCUT2D eigenvalue weighted by molar-refractivity contribution is 5.94. The van der Waals surface area contributed by atoms with Gasteiger partial charge in [-0.15, -0.1) is 0 Å². The van der Waals surface area contributed by atoms with E-state index in [1.165, 1.54) is 6.42 Å². The van der Waals surface area contributed by atoms with Crippen molar-refractivity contribution in [3.63, 3.8) is 0 Å². The van der Waals surface area contributed by atoms with E-state index in [4.69, 9.17) is 5.10 Å². The summed E-state index contributed by atoms with van der Waals surface area (Å²) in [6.45, 7) is 6.47. The van der Waals surface area contributed by atoms with Gasteiger partial charge in [-0.1, -0.05) is 62.4 Å². The van der Waals surface area contributed by atoms with Crippen LogP contribution in [-0.4, -0.2) is 33.7 Å². The monoisotopic (exact) mass is 347 g/mol. The minimum atomic E-state index is 0.163. The number of hydrogen-bond donors (Lipinski definition) is 0. The molecule has 134 valence electrons. The fourth-order valence-electron chi connectivity index (χ4n) is 4.15.